The minimum absolute atomic E-state index is 0.0611. The molecule has 136 valence electrons. The van der Waals surface area contributed by atoms with Gasteiger partial charge in [-0.25, -0.2) is 0 Å². The van der Waals surface area contributed by atoms with Gasteiger partial charge in [-0.05, 0) is 59.5 Å². The highest BCUT2D eigenvalue weighted by Gasteiger charge is 2.46. The van der Waals surface area contributed by atoms with Gasteiger partial charge in [0, 0.05) is 21.9 Å². The Balaban J connectivity index is 1.69. The molecule has 0 radical (unpaired) electrons. The average molecular weight is 382 g/mol. The normalized spacial score (nSPS) is 13.8. The summed E-state index contributed by atoms with van der Waals surface area (Å²) in [7, 11) is 0. The summed E-state index contributed by atoms with van der Waals surface area (Å²) in [5.41, 5.74) is 7.39. The van der Waals surface area contributed by atoms with Gasteiger partial charge in [0.1, 0.15) is 23.0 Å². The molecular formula is C25H11BN2O2. The molecule has 3 aliphatic heterocycles. The molecule has 0 bridgehead atoms. The Morgan fingerprint density at radius 3 is 2.23 bits per heavy atom. The van der Waals surface area contributed by atoms with Crippen LogP contribution in [0.1, 0.15) is 5.56 Å². The molecule has 0 aliphatic carbocycles. The summed E-state index contributed by atoms with van der Waals surface area (Å²) in [6.45, 7) is 0.0611. The third kappa shape index (κ3) is 1.44. The van der Waals surface area contributed by atoms with Crippen molar-refractivity contribution in [1.29, 1.82) is 5.26 Å². The summed E-state index contributed by atoms with van der Waals surface area (Å²) in [4.78, 5) is 0. The molecule has 0 N–H and O–H groups in total. The predicted octanol–water partition coefficient (Wildman–Crippen LogP) is 3.70. The predicted molar refractivity (Wildman–Crippen MR) is 117 cm³/mol. The van der Waals surface area contributed by atoms with Crippen LogP contribution in [0.3, 0.4) is 0 Å². The molecule has 4 nitrogen and oxygen atoms in total. The summed E-state index contributed by atoms with van der Waals surface area (Å²) in [6.07, 6.45) is 0. The Morgan fingerprint density at radius 2 is 1.43 bits per heavy atom. The van der Waals surface area contributed by atoms with Gasteiger partial charge in [-0.3, -0.25) is 0 Å². The highest BCUT2D eigenvalue weighted by atomic mass is 16.5. The van der Waals surface area contributed by atoms with Crippen LogP contribution in [0.5, 0.6) is 23.0 Å². The molecule has 0 unspecified atom stereocenters. The number of hydrogen-bond acceptors (Lipinski definition) is 3. The molecule has 30 heavy (non-hydrogen) atoms. The molecule has 5 heteroatoms. The van der Waals surface area contributed by atoms with Crippen molar-refractivity contribution in [3.63, 3.8) is 0 Å². The highest BCUT2D eigenvalue weighted by molar-refractivity contribution is 7.00. The Morgan fingerprint density at radius 1 is 0.733 bits per heavy atom. The van der Waals surface area contributed by atoms with E-state index in [1.807, 2.05) is 48.5 Å². The maximum absolute atomic E-state index is 9.80. The second-order valence-electron chi connectivity index (χ2n) is 8.01. The van der Waals surface area contributed by atoms with E-state index in [4.69, 9.17) is 9.47 Å². The van der Waals surface area contributed by atoms with Gasteiger partial charge < -0.3 is 14.0 Å². The molecule has 4 heterocycles. The minimum atomic E-state index is 0.0611. The first-order chi connectivity index (χ1) is 14.8. The second-order valence-corrected chi connectivity index (χ2v) is 8.01. The zero-order valence-electron chi connectivity index (χ0n) is 15.6. The molecule has 0 amide bonds. The maximum atomic E-state index is 9.80. The second kappa shape index (κ2) is 4.69. The van der Waals surface area contributed by atoms with E-state index in [-0.39, 0.29) is 6.71 Å². The lowest BCUT2D eigenvalue weighted by atomic mass is 9.33. The molecule has 0 spiro atoms. The fourth-order valence-corrected chi connectivity index (χ4v) is 5.64. The first-order valence-corrected chi connectivity index (χ1v) is 9.97. The van der Waals surface area contributed by atoms with E-state index < -0.39 is 0 Å². The van der Waals surface area contributed by atoms with Crippen molar-refractivity contribution in [1.82, 2.24) is 4.57 Å². The summed E-state index contributed by atoms with van der Waals surface area (Å²) >= 11 is 0. The SMILES string of the molecule is N#Cc1cccc2c1c1ccc3c4c1n2-c1cccc2c1B4c1c(cccc1O3)O2. The Bertz CT molecular complexity index is 1660. The lowest BCUT2D eigenvalue weighted by molar-refractivity contribution is 0.464. The van der Waals surface area contributed by atoms with Crippen molar-refractivity contribution in [2.45, 2.75) is 0 Å². The van der Waals surface area contributed by atoms with Crippen LogP contribution in [0.25, 0.3) is 27.5 Å². The van der Waals surface area contributed by atoms with Gasteiger partial charge in [-0.2, -0.15) is 5.26 Å². The third-order valence-corrected chi connectivity index (χ3v) is 6.69. The standard InChI is InChI=1S/C25H11BN2O2/c27-12-13-4-1-5-15-21(13)14-10-11-20-24-25(14)28(15)16-6-2-7-17-22(16)26(24)23-18(29-17)8-3-9-19(23)30-20/h1-11H. The number of rotatable bonds is 0. The van der Waals surface area contributed by atoms with E-state index in [9.17, 15) is 5.26 Å². The molecule has 4 aromatic carbocycles. The number of fused-ring (bicyclic) bond motifs is 4. The first kappa shape index (κ1) is 14.8. The van der Waals surface area contributed by atoms with E-state index >= 15 is 0 Å². The van der Waals surface area contributed by atoms with Gasteiger partial charge in [0.15, 0.2) is 0 Å². The van der Waals surface area contributed by atoms with E-state index in [0.717, 1.165) is 61.4 Å². The number of ether oxygens (including phenoxy) is 2. The summed E-state index contributed by atoms with van der Waals surface area (Å²) in [6, 6.07) is 24.7. The molecule has 1 aromatic heterocycles. The van der Waals surface area contributed by atoms with Gasteiger partial charge in [0.2, 0.25) is 0 Å². The number of nitrogens with zero attached hydrogens (tertiary/aromatic N) is 2. The molecular weight excluding hydrogens is 371 g/mol. The molecule has 0 saturated carbocycles. The maximum Gasteiger partial charge on any atom is 0.266 e. The summed E-state index contributed by atoms with van der Waals surface area (Å²) in [5.74, 6) is 3.47. The van der Waals surface area contributed by atoms with Gasteiger partial charge in [0.25, 0.3) is 6.71 Å². The topological polar surface area (TPSA) is 47.2 Å². The Labute approximate surface area is 171 Å². The summed E-state index contributed by atoms with van der Waals surface area (Å²) in [5, 5.41) is 11.9. The fourth-order valence-electron chi connectivity index (χ4n) is 5.64. The van der Waals surface area contributed by atoms with Crippen molar-refractivity contribution < 1.29 is 9.47 Å². The van der Waals surface area contributed by atoms with Crippen LogP contribution in [-0.2, 0) is 0 Å². The number of aromatic nitrogens is 1. The fraction of sp³-hybridized carbons (Fsp3) is 0. The van der Waals surface area contributed by atoms with Crippen molar-refractivity contribution in [2.24, 2.45) is 0 Å². The lowest BCUT2D eigenvalue weighted by Gasteiger charge is -2.37. The van der Waals surface area contributed by atoms with E-state index in [2.05, 4.69) is 28.8 Å². The zero-order valence-corrected chi connectivity index (χ0v) is 15.6. The Hall–Kier alpha value is -4.17. The minimum Gasteiger partial charge on any atom is -0.458 e. The van der Waals surface area contributed by atoms with Gasteiger partial charge >= 0.3 is 0 Å². The summed E-state index contributed by atoms with van der Waals surface area (Å²) < 4.78 is 15.0. The number of nitriles is 1. The number of hydrogen-bond donors (Lipinski definition) is 0. The van der Waals surface area contributed by atoms with Crippen molar-refractivity contribution in [2.75, 3.05) is 0 Å². The van der Waals surface area contributed by atoms with Crippen LogP contribution < -0.4 is 25.9 Å². The van der Waals surface area contributed by atoms with Crippen LogP contribution in [0.2, 0.25) is 0 Å². The highest BCUT2D eigenvalue weighted by Crippen LogP contribution is 2.43. The smallest absolute Gasteiger partial charge is 0.266 e. The molecule has 0 saturated heterocycles. The van der Waals surface area contributed by atoms with E-state index in [1.165, 1.54) is 5.46 Å². The third-order valence-electron chi connectivity index (χ3n) is 6.69. The zero-order chi connectivity index (χ0) is 19.6. The largest absolute Gasteiger partial charge is 0.458 e. The van der Waals surface area contributed by atoms with Crippen LogP contribution in [-0.4, -0.2) is 11.3 Å². The van der Waals surface area contributed by atoms with Crippen LogP contribution in [0.15, 0.2) is 66.7 Å². The van der Waals surface area contributed by atoms with Gasteiger partial charge in [-0.15, -0.1) is 0 Å². The van der Waals surface area contributed by atoms with Crippen LogP contribution in [0, 0.1) is 11.3 Å². The molecule has 5 aromatic rings. The van der Waals surface area contributed by atoms with E-state index in [1.54, 1.807) is 0 Å². The lowest BCUT2D eigenvalue weighted by Crippen LogP contribution is -2.60. The monoisotopic (exact) mass is 382 g/mol. The molecule has 8 rings (SSSR count). The van der Waals surface area contributed by atoms with E-state index in [0.29, 0.717) is 5.56 Å². The molecule has 0 fully saturated rings. The quantitative estimate of drug-likeness (QED) is 0.376. The van der Waals surface area contributed by atoms with Crippen LogP contribution in [0.4, 0.5) is 0 Å². The average Bonchev–Trinajstić information content (AvgIpc) is 3.13. The molecule has 0 atom stereocenters. The van der Waals surface area contributed by atoms with Crippen molar-refractivity contribution in [3.8, 4) is 34.8 Å². The van der Waals surface area contributed by atoms with Gasteiger partial charge in [0.05, 0.1) is 22.7 Å². The van der Waals surface area contributed by atoms with Crippen LogP contribution >= 0.6 is 0 Å². The molecule has 3 aliphatic rings. The Kier molecular flexibility index (Phi) is 2.31. The first-order valence-electron chi connectivity index (χ1n) is 9.97. The van der Waals surface area contributed by atoms with Crippen molar-refractivity contribution >= 4 is 44.9 Å². The van der Waals surface area contributed by atoms with Gasteiger partial charge in [-0.1, -0.05) is 18.2 Å². The number of benzene rings is 4. The van der Waals surface area contributed by atoms with Crippen molar-refractivity contribution in [3.05, 3.63) is 72.3 Å².